The van der Waals surface area contributed by atoms with Gasteiger partial charge in [0.2, 0.25) is 5.91 Å². The first-order valence-corrected chi connectivity index (χ1v) is 12.1. The molecule has 0 saturated heterocycles. The van der Waals surface area contributed by atoms with Gasteiger partial charge in [-0.2, -0.15) is 7.05 Å². The number of rotatable bonds is 11. The first kappa shape index (κ1) is 32.3. The van der Waals surface area contributed by atoms with Crippen LogP contribution in [0, 0.1) is 10.1 Å². The minimum atomic E-state index is -0.863. The number of nitrogens with zero attached hydrogens (tertiary/aromatic N) is 3. The van der Waals surface area contributed by atoms with Crippen LogP contribution in [0.25, 0.3) is 16.4 Å². The molecule has 0 spiro atoms. The molecule has 11 nitrogen and oxygen atoms in total. The quantitative estimate of drug-likeness (QED) is 0.0994. The maximum absolute atomic E-state index is 13.1. The van der Waals surface area contributed by atoms with Gasteiger partial charge in [-0.05, 0) is 56.2 Å². The predicted molar refractivity (Wildman–Crippen MR) is 152 cm³/mol. The molecule has 2 amide bonds. The first-order chi connectivity index (χ1) is 18.5. The van der Waals surface area contributed by atoms with Crippen LogP contribution in [0.3, 0.4) is 0 Å². The number of hydrogen-bond donors (Lipinski definition) is 4. The number of carbonyl (C=O) groups excluding carboxylic acids is 2. The Bertz CT molecular complexity index is 1390. The maximum Gasteiger partial charge on any atom is 0.270 e. The second-order valence-electron chi connectivity index (χ2n) is 9.44. The zero-order valence-corrected chi connectivity index (χ0v) is 25.3. The number of nitro benzene ring substituents is 1. The summed E-state index contributed by atoms with van der Waals surface area (Å²) in [7, 11) is 1.60. The minimum absolute atomic E-state index is 0. The number of nitrogens with two attached hydrogens (primary N) is 1. The summed E-state index contributed by atoms with van der Waals surface area (Å²) in [6.07, 6.45) is 2.02. The molecule has 0 unspecified atom stereocenters. The van der Waals surface area contributed by atoms with Gasteiger partial charge < -0.3 is 26.8 Å². The molecule has 0 bridgehead atoms. The van der Waals surface area contributed by atoms with Crippen LogP contribution in [0.2, 0.25) is 0 Å². The minimum Gasteiger partial charge on any atom is -0.648 e. The maximum atomic E-state index is 13.1. The number of aliphatic hydroxyl groups is 1. The van der Waals surface area contributed by atoms with E-state index in [1.165, 1.54) is 24.3 Å². The van der Waals surface area contributed by atoms with E-state index in [1.807, 2.05) is 0 Å². The van der Waals surface area contributed by atoms with E-state index in [4.69, 9.17) is 5.73 Å². The number of anilines is 2. The van der Waals surface area contributed by atoms with Gasteiger partial charge >= 0.3 is 0 Å². The molecule has 0 radical (unpaired) electrons. The second-order valence-corrected chi connectivity index (χ2v) is 9.44. The van der Waals surface area contributed by atoms with Crippen molar-refractivity contribution in [2.75, 3.05) is 31.3 Å². The normalized spacial score (nSPS) is 11.1. The molecular weight excluding hydrogens is 684 g/mol. The fourth-order valence-corrected chi connectivity index (χ4v) is 3.60. The van der Waals surface area contributed by atoms with Gasteiger partial charge in [-0.1, -0.05) is 24.9 Å². The molecule has 3 aromatic carbocycles. The molecule has 0 atom stereocenters. The van der Waals surface area contributed by atoms with E-state index in [2.05, 4.69) is 20.9 Å². The summed E-state index contributed by atoms with van der Waals surface area (Å²) in [5.74, 6) is -0.822. The number of hydrogen-bond acceptors (Lipinski definition) is 7. The molecule has 0 heterocycles. The van der Waals surface area contributed by atoms with Gasteiger partial charge in [-0.15, -0.1) is 0 Å². The van der Waals surface area contributed by atoms with Crippen LogP contribution in [0.15, 0.2) is 65.7 Å². The number of nitrogen functional groups attached to an aromatic ring is 1. The van der Waals surface area contributed by atoms with Crippen molar-refractivity contribution in [3.8, 4) is 11.1 Å². The van der Waals surface area contributed by atoms with E-state index in [0.717, 1.165) is 0 Å². The number of carbonyl (C=O) groups is 2. The Labute approximate surface area is 246 Å². The summed E-state index contributed by atoms with van der Waals surface area (Å²) in [5, 5.41) is 30.4. The third kappa shape index (κ3) is 9.08. The fraction of sp³-hybridized carbons (Fsp3) is 0.250. The van der Waals surface area contributed by atoms with Crippen LogP contribution in [0.1, 0.15) is 46.5 Å². The standard InChI is InChI=1S/C28H31N6O5.W/c1-28(2,37)11-12-31-16-21-14-25(33-27(36)20-5-4-6-22(13-20)34(38)39)23(15-24(21)29)18-7-9-19(10-8-18)26(35)32-17-30-3;/h4-10,13-16,37H,11-12,17,29H2,1-3H3,(H,32,35)(H,33,36);/q-1;. The third-order valence-corrected chi connectivity index (χ3v) is 5.73. The zero-order chi connectivity index (χ0) is 28.6. The predicted octanol–water partition coefficient (Wildman–Crippen LogP) is 4.36. The molecule has 0 aromatic heterocycles. The largest absolute Gasteiger partial charge is 0.648 e. The molecule has 3 rings (SSSR count). The van der Waals surface area contributed by atoms with Crippen LogP contribution in [0.5, 0.6) is 0 Å². The Balaban J connectivity index is 0.00000560. The van der Waals surface area contributed by atoms with E-state index < -0.39 is 16.4 Å². The van der Waals surface area contributed by atoms with Gasteiger partial charge in [0.1, 0.15) is 0 Å². The first-order valence-electron chi connectivity index (χ1n) is 12.1. The van der Waals surface area contributed by atoms with E-state index in [-0.39, 0.29) is 44.9 Å². The topological polar surface area (TPSA) is 174 Å². The van der Waals surface area contributed by atoms with Crippen molar-refractivity contribution in [1.29, 1.82) is 0 Å². The zero-order valence-electron chi connectivity index (χ0n) is 22.4. The van der Waals surface area contributed by atoms with Crippen molar-refractivity contribution in [3.05, 3.63) is 92.8 Å². The summed E-state index contributed by atoms with van der Waals surface area (Å²) in [6, 6.07) is 15.5. The molecule has 12 heteroatoms. The summed E-state index contributed by atoms with van der Waals surface area (Å²) in [5.41, 5.74) is 8.40. The van der Waals surface area contributed by atoms with Crippen molar-refractivity contribution >= 4 is 35.1 Å². The van der Waals surface area contributed by atoms with Gasteiger partial charge in [-0.25, -0.2) is 0 Å². The number of amides is 2. The van der Waals surface area contributed by atoms with Gasteiger partial charge in [0, 0.05) is 79.6 Å². The van der Waals surface area contributed by atoms with Gasteiger partial charge in [-0.3, -0.25) is 24.7 Å². The molecule has 0 saturated carbocycles. The Morgan fingerprint density at radius 3 is 2.42 bits per heavy atom. The number of nitro groups is 1. The number of benzene rings is 3. The number of aliphatic imine (C=N–C) groups is 1. The summed E-state index contributed by atoms with van der Waals surface area (Å²) >= 11 is 0. The number of nitrogens with one attached hydrogen (secondary N) is 2. The molecule has 3 aromatic rings. The van der Waals surface area contributed by atoms with Gasteiger partial charge in [0.05, 0.1) is 10.5 Å². The van der Waals surface area contributed by atoms with Crippen LogP contribution < -0.4 is 16.4 Å². The average molecular weight is 715 g/mol. The Morgan fingerprint density at radius 2 is 1.80 bits per heavy atom. The van der Waals surface area contributed by atoms with E-state index in [1.54, 1.807) is 63.5 Å². The van der Waals surface area contributed by atoms with Crippen molar-refractivity contribution in [2.24, 2.45) is 4.99 Å². The molecule has 0 aliphatic rings. The van der Waals surface area contributed by atoms with Crippen molar-refractivity contribution in [3.63, 3.8) is 0 Å². The molecular formula is C28H31N6O5W-. The monoisotopic (exact) mass is 715 g/mol. The number of non-ortho nitro benzene ring substituents is 1. The van der Waals surface area contributed by atoms with Crippen molar-refractivity contribution in [1.82, 2.24) is 5.32 Å². The van der Waals surface area contributed by atoms with E-state index in [9.17, 15) is 24.8 Å². The molecule has 210 valence electrons. The Kier molecular flexibility index (Phi) is 11.7. The van der Waals surface area contributed by atoms with Gasteiger partial charge in [0.25, 0.3) is 11.6 Å². The Hall–Kier alpha value is -3.92. The molecule has 0 fully saturated rings. The van der Waals surface area contributed by atoms with Crippen molar-refractivity contribution in [2.45, 2.75) is 25.9 Å². The van der Waals surface area contributed by atoms with Crippen LogP contribution in [-0.2, 0) is 21.1 Å². The second kappa shape index (κ2) is 14.5. The van der Waals surface area contributed by atoms with Crippen molar-refractivity contribution < 1.29 is 40.7 Å². The summed E-state index contributed by atoms with van der Waals surface area (Å²) < 4.78 is 0. The smallest absolute Gasteiger partial charge is 0.270 e. The van der Waals surface area contributed by atoms with Crippen LogP contribution in [0.4, 0.5) is 17.1 Å². The average Bonchev–Trinajstić information content (AvgIpc) is 2.90. The van der Waals surface area contributed by atoms with Gasteiger partial charge in [0.15, 0.2) is 0 Å². The Morgan fingerprint density at radius 1 is 1.10 bits per heavy atom. The molecule has 0 aliphatic heterocycles. The van der Waals surface area contributed by atoms with Crippen LogP contribution >= 0.6 is 0 Å². The molecule has 5 N–H and O–H groups in total. The molecule has 40 heavy (non-hydrogen) atoms. The SMILES string of the molecule is C[N-]CNC(=O)c1ccc(-c2cc(N)c(C=NCCC(C)(C)O)cc2NC(=O)c2cccc([N+](=O)[O-])c2)cc1.[W]. The van der Waals surface area contributed by atoms with Crippen LogP contribution in [-0.4, -0.2) is 53.9 Å². The molecule has 0 aliphatic carbocycles. The summed E-state index contributed by atoms with van der Waals surface area (Å²) in [4.78, 5) is 40.3. The van der Waals surface area contributed by atoms with E-state index in [0.29, 0.717) is 46.6 Å². The summed E-state index contributed by atoms with van der Waals surface area (Å²) in [6.45, 7) is 3.96. The van der Waals surface area contributed by atoms with E-state index >= 15 is 0 Å². The third-order valence-electron chi connectivity index (χ3n) is 5.73. The fourth-order valence-electron chi connectivity index (χ4n) is 3.60.